The van der Waals surface area contributed by atoms with Crippen LogP contribution in [0.15, 0.2) is 72.9 Å². The van der Waals surface area contributed by atoms with Crippen molar-refractivity contribution >= 4 is 56.3 Å². The third-order valence-corrected chi connectivity index (χ3v) is 9.78. The van der Waals surface area contributed by atoms with Gasteiger partial charge in [-0.05, 0) is 67.3 Å². The van der Waals surface area contributed by atoms with Crippen molar-refractivity contribution in [3.8, 4) is 10.4 Å². The van der Waals surface area contributed by atoms with E-state index in [1.54, 1.807) is 53.6 Å². The molecule has 2 aliphatic heterocycles. The largest absolute Gasteiger partial charge is 0.356 e. The molecule has 6 rings (SSSR count). The molecule has 0 unspecified atom stereocenters. The summed E-state index contributed by atoms with van der Waals surface area (Å²) >= 11 is 1.30. The topological polar surface area (TPSA) is 155 Å². The number of hydrogen-bond donors (Lipinski definition) is 3. The summed E-state index contributed by atoms with van der Waals surface area (Å²) in [6.45, 7) is 2.01. The van der Waals surface area contributed by atoms with E-state index in [0.717, 1.165) is 41.9 Å². The Morgan fingerprint density at radius 2 is 1.73 bits per heavy atom. The highest BCUT2D eigenvalue weighted by atomic mass is 32.2. The Morgan fingerprint density at radius 1 is 0.933 bits per heavy atom. The van der Waals surface area contributed by atoms with E-state index in [1.807, 2.05) is 24.3 Å². The zero-order valence-electron chi connectivity index (χ0n) is 24.4. The minimum Gasteiger partial charge on any atom is -0.356 e. The molecule has 0 radical (unpaired) electrons. The first kappa shape index (κ1) is 30.4. The molecule has 2 aromatic carbocycles. The first-order valence-corrected chi connectivity index (χ1v) is 17.2. The molecule has 2 aromatic heterocycles. The van der Waals surface area contributed by atoms with Crippen molar-refractivity contribution in [2.75, 3.05) is 47.0 Å². The van der Waals surface area contributed by atoms with E-state index in [4.69, 9.17) is 5.14 Å². The van der Waals surface area contributed by atoms with Crippen LogP contribution >= 0.6 is 11.3 Å². The number of hydrogen-bond acceptors (Lipinski definition) is 8. The molecule has 0 saturated carbocycles. The monoisotopic (exact) mass is 644 g/mol. The molecule has 1 fully saturated rings. The van der Waals surface area contributed by atoms with Gasteiger partial charge in [0.05, 0.1) is 21.9 Å². The second-order valence-corrected chi connectivity index (χ2v) is 13.7. The fraction of sp³-hybridized carbons (Fsp3) is 0.250. The Balaban J connectivity index is 1.21. The predicted molar refractivity (Wildman–Crippen MR) is 176 cm³/mol. The zero-order valence-corrected chi connectivity index (χ0v) is 26.0. The summed E-state index contributed by atoms with van der Waals surface area (Å²) in [5.74, 6) is -0.563. The summed E-state index contributed by atoms with van der Waals surface area (Å²) in [5, 5.41) is 10.6. The van der Waals surface area contributed by atoms with Gasteiger partial charge < -0.3 is 20.4 Å². The van der Waals surface area contributed by atoms with Crippen LogP contribution in [0.3, 0.4) is 0 Å². The van der Waals surface area contributed by atoms with E-state index in [0.29, 0.717) is 46.2 Å². The molecule has 4 aromatic rings. The molecular formula is C32H32N6O5S2. The SMILES string of the molecule is NS(=O)(=O)CCNC(=O)c1cc2c(s1)-c1ccccc1N(C(=O)c1cccc(NC(=O)c3cccnc3N3CCCC3)c1)CC2. The Kier molecular flexibility index (Phi) is 8.65. The number of thiophene rings is 1. The Labute approximate surface area is 265 Å². The molecule has 4 N–H and O–H groups in total. The lowest BCUT2D eigenvalue weighted by Gasteiger charge is -2.23. The van der Waals surface area contributed by atoms with Gasteiger partial charge in [0.25, 0.3) is 17.7 Å². The average Bonchev–Trinajstić information content (AvgIpc) is 3.69. The third kappa shape index (κ3) is 6.75. The molecular weight excluding hydrogens is 613 g/mol. The van der Waals surface area contributed by atoms with Gasteiger partial charge >= 0.3 is 0 Å². The summed E-state index contributed by atoms with van der Waals surface area (Å²) in [5.41, 5.74) is 3.87. The van der Waals surface area contributed by atoms with Gasteiger partial charge in [-0.15, -0.1) is 11.3 Å². The average molecular weight is 645 g/mol. The highest BCUT2D eigenvalue weighted by molar-refractivity contribution is 7.89. The van der Waals surface area contributed by atoms with Gasteiger partial charge in [0.2, 0.25) is 10.0 Å². The Morgan fingerprint density at radius 3 is 2.53 bits per heavy atom. The lowest BCUT2D eigenvalue weighted by molar-refractivity contribution is 0.0957. The van der Waals surface area contributed by atoms with E-state index in [1.165, 1.54) is 11.3 Å². The zero-order chi connectivity index (χ0) is 31.6. The van der Waals surface area contributed by atoms with E-state index >= 15 is 0 Å². The van der Waals surface area contributed by atoms with E-state index < -0.39 is 10.0 Å². The smallest absolute Gasteiger partial charge is 0.261 e. The van der Waals surface area contributed by atoms with Crippen molar-refractivity contribution in [3.05, 3.63) is 94.5 Å². The maximum absolute atomic E-state index is 14.0. The number of carbonyl (C=O) groups excluding carboxylic acids is 3. The van der Waals surface area contributed by atoms with Gasteiger partial charge in [0.15, 0.2) is 0 Å². The number of fused-ring (bicyclic) bond motifs is 3. The number of carbonyl (C=O) groups is 3. The number of pyridine rings is 1. The molecule has 0 atom stereocenters. The molecule has 45 heavy (non-hydrogen) atoms. The number of anilines is 3. The lowest BCUT2D eigenvalue weighted by atomic mass is 10.1. The minimum absolute atomic E-state index is 0.0829. The Hall–Kier alpha value is -4.59. The molecule has 4 heterocycles. The lowest BCUT2D eigenvalue weighted by Crippen LogP contribution is -2.32. The van der Waals surface area contributed by atoms with Gasteiger partial charge in [-0.1, -0.05) is 24.3 Å². The summed E-state index contributed by atoms with van der Waals surface area (Å²) in [6.07, 6.45) is 4.33. The van der Waals surface area contributed by atoms with Crippen LogP contribution in [0.4, 0.5) is 17.2 Å². The van der Waals surface area contributed by atoms with Crippen LogP contribution < -0.4 is 25.6 Å². The highest BCUT2D eigenvalue weighted by Gasteiger charge is 2.28. The standard InChI is InChI=1S/C32H32N6O5S2/c33-45(42,43)18-14-35-31(40)27-20-21-12-17-38(26-11-2-1-9-24(26)28(21)44-27)32(41)22-7-5-8-23(19-22)36-30(39)25-10-6-13-34-29(25)37-15-3-4-16-37/h1-2,5-11,13,19-20H,3-4,12,14-18H2,(H,35,40)(H,36,39)(H2,33,42,43). The van der Waals surface area contributed by atoms with Gasteiger partial charge in [-0.25, -0.2) is 18.5 Å². The van der Waals surface area contributed by atoms with Crippen molar-refractivity contribution < 1.29 is 22.8 Å². The number of benzene rings is 2. The van der Waals surface area contributed by atoms with E-state index in [9.17, 15) is 22.8 Å². The molecule has 3 amide bonds. The van der Waals surface area contributed by atoms with Gasteiger partial charge in [-0.3, -0.25) is 14.4 Å². The first-order valence-electron chi connectivity index (χ1n) is 14.6. The van der Waals surface area contributed by atoms with Crippen molar-refractivity contribution in [1.82, 2.24) is 10.3 Å². The number of para-hydroxylation sites is 1. The van der Waals surface area contributed by atoms with Crippen LogP contribution in [0.1, 0.15) is 48.8 Å². The second-order valence-electron chi connectivity index (χ2n) is 10.9. The number of rotatable bonds is 8. The molecule has 1 saturated heterocycles. The predicted octanol–water partition coefficient (Wildman–Crippen LogP) is 3.88. The van der Waals surface area contributed by atoms with Gasteiger partial charge in [-0.2, -0.15) is 0 Å². The fourth-order valence-electron chi connectivity index (χ4n) is 5.65. The first-order chi connectivity index (χ1) is 21.7. The van der Waals surface area contributed by atoms with Crippen LogP contribution in [-0.4, -0.2) is 63.1 Å². The molecule has 232 valence electrons. The van der Waals surface area contributed by atoms with Crippen LogP contribution in [0.2, 0.25) is 0 Å². The van der Waals surface area contributed by atoms with Crippen LogP contribution in [0, 0.1) is 0 Å². The molecule has 11 nitrogen and oxygen atoms in total. The summed E-state index contributed by atoms with van der Waals surface area (Å²) in [6, 6.07) is 19.7. The number of sulfonamides is 1. The number of aromatic nitrogens is 1. The van der Waals surface area contributed by atoms with E-state index in [-0.39, 0.29) is 30.0 Å². The van der Waals surface area contributed by atoms with Crippen molar-refractivity contribution in [1.29, 1.82) is 0 Å². The number of nitrogens with one attached hydrogen (secondary N) is 2. The molecule has 0 bridgehead atoms. The molecule has 2 aliphatic rings. The maximum Gasteiger partial charge on any atom is 0.261 e. The molecule has 0 spiro atoms. The summed E-state index contributed by atoms with van der Waals surface area (Å²) < 4.78 is 22.5. The van der Waals surface area contributed by atoms with Gasteiger partial charge in [0.1, 0.15) is 5.82 Å². The summed E-state index contributed by atoms with van der Waals surface area (Å²) in [4.78, 5) is 49.7. The fourth-order valence-corrected chi connectivity index (χ4v) is 7.20. The molecule has 13 heteroatoms. The van der Waals surface area contributed by atoms with Crippen molar-refractivity contribution in [3.63, 3.8) is 0 Å². The normalized spacial score (nSPS) is 14.3. The quantitative estimate of drug-likeness (QED) is 0.263. The number of amides is 3. The van der Waals surface area contributed by atoms with Crippen molar-refractivity contribution in [2.45, 2.75) is 19.3 Å². The van der Waals surface area contributed by atoms with E-state index in [2.05, 4.69) is 20.5 Å². The third-order valence-electron chi connectivity index (χ3n) is 7.80. The minimum atomic E-state index is -3.69. The number of nitrogens with zero attached hydrogens (tertiary/aromatic N) is 3. The number of nitrogens with two attached hydrogens (primary N) is 1. The highest BCUT2D eigenvalue weighted by Crippen LogP contribution is 2.42. The van der Waals surface area contributed by atoms with Crippen LogP contribution in [0.5, 0.6) is 0 Å². The summed E-state index contributed by atoms with van der Waals surface area (Å²) in [7, 11) is -3.69. The Bertz CT molecular complexity index is 1880. The van der Waals surface area contributed by atoms with Gasteiger partial charge in [0, 0.05) is 54.1 Å². The van der Waals surface area contributed by atoms with Crippen molar-refractivity contribution in [2.24, 2.45) is 5.14 Å². The molecule has 0 aliphatic carbocycles. The second kappa shape index (κ2) is 12.8. The number of primary sulfonamides is 1. The van der Waals surface area contributed by atoms with Crippen LogP contribution in [0.25, 0.3) is 10.4 Å². The maximum atomic E-state index is 14.0. The van der Waals surface area contributed by atoms with Crippen LogP contribution in [-0.2, 0) is 16.4 Å².